The number of nitrogens with zero attached hydrogens (tertiary/aromatic N) is 2. The van der Waals surface area contributed by atoms with Crippen LogP contribution in [0.5, 0.6) is 0 Å². The smallest absolute Gasteiger partial charge is 0.196 e. The molecule has 4 nitrogen and oxygen atoms in total. The van der Waals surface area contributed by atoms with Gasteiger partial charge in [-0.05, 0) is 38.0 Å². The van der Waals surface area contributed by atoms with Crippen LogP contribution in [0.2, 0.25) is 0 Å². The molecule has 0 amide bonds. The molecule has 0 bridgehead atoms. The first-order chi connectivity index (χ1) is 9.98. The Labute approximate surface area is 134 Å². The normalized spacial score (nSPS) is 32.5. The predicted octanol–water partition coefficient (Wildman–Crippen LogP) is 3.30. The number of anilines is 1. The summed E-state index contributed by atoms with van der Waals surface area (Å²) >= 11 is 3.55. The van der Waals surface area contributed by atoms with Gasteiger partial charge in [0.15, 0.2) is 5.96 Å². The zero-order valence-corrected chi connectivity index (χ0v) is 14.2. The molecule has 1 saturated heterocycles. The summed E-state index contributed by atoms with van der Waals surface area (Å²) in [5.74, 6) is 0.619. The first-order valence-corrected chi connectivity index (χ1v) is 8.27. The van der Waals surface area contributed by atoms with Gasteiger partial charge in [0.1, 0.15) is 0 Å². The molecule has 114 valence electrons. The molecule has 2 aliphatic heterocycles. The molecular weight excluding hydrogens is 330 g/mol. The Morgan fingerprint density at radius 3 is 3.00 bits per heavy atom. The third-order valence-corrected chi connectivity index (χ3v) is 5.27. The SMILES string of the molecule is CCC1(C)CC2(CCO1)CN=C(N)N2c1cccc(Br)c1. The number of hydrogen-bond acceptors (Lipinski definition) is 4. The quantitative estimate of drug-likeness (QED) is 0.889. The van der Waals surface area contributed by atoms with Crippen LogP contribution >= 0.6 is 15.9 Å². The van der Waals surface area contributed by atoms with Gasteiger partial charge in [0.25, 0.3) is 0 Å². The van der Waals surface area contributed by atoms with Crippen molar-refractivity contribution in [2.24, 2.45) is 10.7 Å². The summed E-state index contributed by atoms with van der Waals surface area (Å²) in [5.41, 5.74) is 7.17. The fourth-order valence-electron chi connectivity index (χ4n) is 3.51. The third kappa shape index (κ3) is 2.57. The number of hydrogen-bond donors (Lipinski definition) is 1. The summed E-state index contributed by atoms with van der Waals surface area (Å²) in [7, 11) is 0. The van der Waals surface area contributed by atoms with Crippen molar-refractivity contribution in [3.63, 3.8) is 0 Å². The highest BCUT2D eigenvalue weighted by Crippen LogP contribution is 2.43. The number of aliphatic imine (C=N–C) groups is 1. The van der Waals surface area contributed by atoms with Gasteiger partial charge in [0, 0.05) is 23.2 Å². The van der Waals surface area contributed by atoms with E-state index in [2.05, 4.69) is 51.8 Å². The largest absolute Gasteiger partial charge is 0.375 e. The van der Waals surface area contributed by atoms with E-state index in [1.807, 2.05) is 12.1 Å². The first kappa shape index (κ1) is 14.9. The van der Waals surface area contributed by atoms with Crippen LogP contribution in [-0.2, 0) is 4.74 Å². The van der Waals surface area contributed by atoms with Gasteiger partial charge in [-0.2, -0.15) is 0 Å². The zero-order valence-electron chi connectivity index (χ0n) is 12.6. The van der Waals surface area contributed by atoms with Crippen molar-refractivity contribution in [1.82, 2.24) is 0 Å². The molecule has 1 spiro atoms. The Hall–Kier alpha value is -1.07. The molecule has 1 aromatic carbocycles. The molecule has 0 saturated carbocycles. The highest BCUT2D eigenvalue weighted by atomic mass is 79.9. The van der Waals surface area contributed by atoms with Crippen LogP contribution < -0.4 is 10.6 Å². The molecule has 0 radical (unpaired) electrons. The van der Waals surface area contributed by atoms with Crippen molar-refractivity contribution in [1.29, 1.82) is 0 Å². The van der Waals surface area contributed by atoms with Crippen LogP contribution in [0.15, 0.2) is 33.7 Å². The topological polar surface area (TPSA) is 50.9 Å². The third-order valence-electron chi connectivity index (χ3n) is 4.77. The van der Waals surface area contributed by atoms with E-state index in [0.29, 0.717) is 5.96 Å². The molecule has 0 aromatic heterocycles. The average Bonchev–Trinajstić information content (AvgIpc) is 2.75. The second-order valence-electron chi connectivity index (χ2n) is 6.29. The maximum Gasteiger partial charge on any atom is 0.196 e. The van der Waals surface area contributed by atoms with E-state index in [1.54, 1.807) is 0 Å². The van der Waals surface area contributed by atoms with Crippen LogP contribution in [0.1, 0.15) is 33.1 Å². The van der Waals surface area contributed by atoms with E-state index >= 15 is 0 Å². The summed E-state index contributed by atoms with van der Waals surface area (Å²) < 4.78 is 7.07. The van der Waals surface area contributed by atoms with E-state index < -0.39 is 0 Å². The van der Waals surface area contributed by atoms with Gasteiger partial charge < -0.3 is 15.4 Å². The molecule has 2 unspecified atom stereocenters. The number of guanidine groups is 1. The molecule has 1 aromatic rings. The van der Waals surface area contributed by atoms with Crippen LogP contribution in [0.4, 0.5) is 5.69 Å². The maximum absolute atomic E-state index is 6.22. The van der Waals surface area contributed by atoms with Crippen molar-refractivity contribution in [3.05, 3.63) is 28.7 Å². The lowest BCUT2D eigenvalue weighted by molar-refractivity contribution is -0.0902. The average molecular weight is 352 g/mol. The second-order valence-corrected chi connectivity index (χ2v) is 7.21. The van der Waals surface area contributed by atoms with Crippen LogP contribution in [0.25, 0.3) is 0 Å². The summed E-state index contributed by atoms with van der Waals surface area (Å²) in [6, 6.07) is 8.27. The summed E-state index contributed by atoms with van der Waals surface area (Å²) in [4.78, 5) is 6.77. The molecule has 2 N–H and O–H groups in total. The van der Waals surface area contributed by atoms with E-state index in [1.165, 1.54) is 0 Å². The van der Waals surface area contributed by atoms with Crippen molar-refractivity contribution in [2.75, 3.05) is 18.1 Å². The number of benzene rings is 1. The lowest BCUT2D eigenvalue weighted by Crippen LogP contribution is -2.59. The van der Waals surface area contributed by atoms with E-state index in [0.717, 1.165) is 42.6 Å². The molecule has 1 fully saturated rings. The molecule has 21 heavy (non-hydrogen) atoms. The number of ether oxygens (including phenoxy) is 1. The molecule has 2 atom stereocenters. The Morgan fingerprint density at radius 2 is 2.29 bits per heavy atom. The summed E-state index contributed by atoms with van der Waals surface area (Å²) in [6.45, 7) is 5.89. The molecule has 0 aliphatic carbocycles. The first-order valence-electron chi connectivity index (χ1n) is 7.48. The fourth-order valence-corrected chi connectivity index (χ4v) is 3.90. The van der Waals surface area contributed by atoms with E-state index in [4.69, 9.17) is 10.5 Å². The van der Waals surface area contributed by atoms with Gasteiger partial charge in [-0.15, -0.1) is 0 Å². The van der Waals surface area contributed by atoms with Crippen molar-refractivity contribution >= 4 is 27.6 Å². The molecular formula is C16H22BrN3O. The minimum atomic E-state index is -0.0946. The molecule has 3 rings (SSSR count). The van der Waals surface area contributed by atoms with E-state index in [-0.39, 0.29) is 11.1 Å². The molecule has 2 aliphatic rings. The Balaban J connectivity index is 1.98. The summed E-state index contributed by atoms with van der Waals surface area (Å²) in [5, 5.41) is 0. The standard InChI is InChI=1S/C16H22BrN3O/c1-3-15(2)10-16(7-8-21-15)11-19-14(18)20(16)13-6-4-5-12(17)9-13/h4-6,9H,3,7-8,10-11H2,1-2H3,(H2,18,19). The Kier molecular flexibility index (Phi) is 3.74. The number of halogens is 1. The van der Waals surface area contributed by atoms with Crippen LogP contribution in [0.3, 0.4) is 0 Å². The lowest BCUT2D eigenvalue weighted by atomic mass is 9.78. The minimum absolute atomic E-state index is 0.0477. The number of nitrogens with two attached hydrogens (primary N) is 1. The summed E-state index contributed by atoms with van der Waals surface area (Å²) in [6.07, 6.45) is 2.91. The lowest BCUT2D eigenvalue weighted by Gasteiger charge is -2.48. The van der Waals surface area contributed by atoms with Gasteiger partial charge in [-0.3, -0.25) is 4.99 Å². The van der Waals surface area contributed by atoms with Crippen molar-refractivity contribution < 1.29 is 4.74 Å². The fraction of sp³-hybridized carbons (Fsp3) is 0.562. The predicted molar refractivity (Wildman–Crippen MR) is 89.7 cm³/mol. The number of rotatable bonds is 2. The maximum atomic E-state index is 6.22. The molecule has 5 heteroatoms. The van der Waals surface area contributed by atoms with Crippen LogP contribution in [-0.4, -0.2) is 30.3 Å². The minimum Gasteiger partial charge on any atom is -0.375 e. The highest BCUT2D eigenvalue weighted by Gasteiger charge is 2.50. The van der Waals surface area contributed by atoms with E-state index in [9.17, 15) is 0 Å². The van der Waals surface area contributed by atoms with Crippen LogP contribution in [0, 0.1) is 0 Å². The Morgan fingerprint density at radius 1 is 1.48 bits per heavy atom. The van der Waals surface area contributed by atoms with Gasteiger partial charge in [0.2, 0.25) is 0 Å². The molecule has 2 heterocycles. The van der Waals surface area contributed by atoms with Crippen molar-refractivity contribution in [2.45, 2.75) is 44.2 Å². The monoisotopic (exact) mass is 351 g/mol. The highest BCUT2D eigenvalue weighted by molar-refractivity contribution is 9.10. The van der Waals surface area contributed by atoms with Gasteiger partial charge in [-0.1, -0.05) is 28.9 Å². The van der Waals surface area contributed by atoms with Crippen molar-refractivity contribution in [3.8, 4) is 0 Å². The second kappa shape index (κ2) is 5.29. The van der Waals surface area contributed by atoms with Gasteiger partial charge >= 0.3 is 0 Å². The Bertz CT molecular complexity index is 576. The van der Waals surface area contributed by atoms with Gasteiger partial charge in [-0.25, -0.2) is 0 Å². The van der Waals surface area contributed by atoms with Gasteiger partial charge in [0.05, 0.1) is 17.7 Å². The zero-order chi connectivity index (χ0) is 15.1.